The molecule has 6 rings (SSSR count). The van der Waals surface area contributed by atoms with Crippen molar-refractivity contribution in [1.29, 1.82) is 0 Å². The fourth-order valence-electron chi connectivity index (χ4n) is 5.37. The zero-order chi connectivity index (χ0) is 30.2. The first-order chi connectivity index (χ1) is 20.8. The van der Waals surface area contributed by atoms with Gasteiger partial charge in [-0.25, -0.2) is 14.1 Å². The molecule has 1 fully saturated rings. The molecule has 0 aliphatic carbocycles. The van der Waals surface area contributed by atoms with Gasteiger partial charge in [-0.2, -0.15) is 0 Å². The zero-order valence-corrected chi connectivity index (χ0v) is 24.3. The van der Waals surface area contributed by atoms with Gasteiger partial charge in [0.2, 0.25) is 17.7 Å². The summed E-state index contributed by atoms with van der Waals surface area (Å²) in [6, 6.07) is 20.4. The van der Waals surface area contributed by atoms with E-state index < -0.39 is 51.5 Å². The van der Waals surface area contributed by atoms with Crippen molar-refractivity contribution in [2.45, 2.75) is 29.7 Å². The fraction of sp³-hybridized carbons (Fsp3) is 0.194. The normalized spacial score (nSPS) is 19.1. The molecule has 3 atom stereocenters. The number of ether oxygens (including phenoxy) is 1. The van der Waals surface area contributed by atoms with E-state index in [1.165, 1.54) is 41.0 Å². The van der Waals surface area contributed by atoms with Gasteiger partial charge in [-0.15, -0.1) is 0 Å². The number of benzene rings is 3. The molecule has 0 saturated carbocycles. The Hall–Kier alpha value is -4.55. The van der Waals surface area contributed by atoms with Crippen molar-refractivity contribution >= 4 is 58.2 Å². The maximum absolute atomic E-state index is 14.0. The lowest BCUT2D eigenvalue weighted by atomic mass is 9.83. The molecule has 1 saturated heterocycles. The Bertz CT molecular complexity index is 1790. The van der Waals surface area contributed by atoms with Gasteiger partial charge in [0.25, 0.3) is 0 Å². The number of aromatic nitrogens is 1. The summed E-state index contributed by atoms with van der Waals surface area (Å²) < 4.78 is 20.3. The molecule has 12 heteroatoms. The highest BCUT2D eigenvalue weighted by atomic mass is 32.2. The Labute approximate surface area is 253 Å². The van der Waals surface area contributed by atoms with Gasteiger partial charge < -0.3 is 10.1 Å². The van der Waals surface area contributed by atoms with E-state index in [1.807, 2.05) is 6.07 Å². The van der Waals surface area contributed by atoms with Crippen molar-refractivity contribution in [3.05, 3.63) is 110 Å². The zero-order valence-electron chi connectivity index (χ0n) is 22.7. The van der Waals surface area contributed by atoms with Crippen LogP contribution in [0, 0.1) is 11.7 Å². The molecule has 0 bridgehead atoms. The molecule has 2 aliphatic rings. The predicted octanol–water partition coefficient (Wildman–Crippen LogP) is 4.66. The Balaban J connectivity index is 1.38. The topological polar surface area (TPSA) is 115 Å². The minimum atomic E-state index is -0.905. The fourth-order valence-corrected chi connectivity index (χ4v) is 8.14. The highest BCUT2D eigenvalue weighted by Gasteiger charge is 2.56. The molecule has 9 nitrogen and oxygen atoms in total. The predicted molar refractivity (Wildman–Crippen MR) is 160 cm³/mol. The van der Waals surface area contributed by atoms with Crippen molar-refractivity contribution in [2.75, 3.05) is 16.8 Å². The molecular weight excluding hydrogens is 593 g/mol. The van der Waals surface area contributed by atoms with Crippen LogP contribution in [0.2, 0.25) is 0 Å². The SMILES string of the molecule is CCOC(=O)c1ccc(N2C(=O)C3Sc4c(sc(=O)n4CC(=O)Nc4ccccc4)C(c4ccc(F)cc4)C3C2=O)cc1. The molecule has 1 aromatic heterocycles. The number of nitrogens with one attached hydrogen (secondary N) is 1. The van der Waals surface area contributed by atoms with Crippen molar-refractivity contribution in [2.24, 2.45) is 5.92 Å². The first-order valence-corrected chi connectivity index (χ1v) is 15.1. The number of fused-ring (bicyclic) bond motifs is 2. The van der Waals surface area contributed by atoms with Crippen LogP contribution in [0.5, 0.6) is 0 Å². The van der Waals surface area contributed by atoms with Crippen LogP contribution in [0.15, 0.2) is 88.7 Å². The number of hydrogen-bond donors (Lipinski definition) is 1. The number of esters is 1. The number of rotatable bonds is 7. The number of halogens is 1. The Morgan fingerprint density at radius 3 is 2.30 bits per heavy atom. The van der Waals surface area contributed by atoms with Crippen LogP contribution in [-0.2, 0) is 25.7 Å². The molecule has 3 aromatic carbocycles. The average Bonchev–Trinajstić information content (AvgIpc) is 3.44. The molecule has 43 heavy (non-hydrogen) atoms. The molecule has 0 radical (unpaired) electrons. The number of anilines is 2. The van der Waals surface area contributed by atoms with Gasteiger partial charge in [0.05, 0.1) is 28.8 Å². The summed E-state index contributed by atoms with van der Waals surface area (Å²) in [6.07, 6.45) is 0. The Morgan fingerprint density at radius 2 is 1.63 bits per heavy atom. The van der Waals surface area contributed by atoms with E-state index in [4.69, 9.17) is 4.74 Å². The number of imide groups is 1. The molecule has 3 amide bonds. The summed E-state index contributed by atoms with van der Waals surface area (Å²) in [7, 11) is 0. The smallest absolute Gasteiger partial charge is 0.338 e. The second-order valence-corrected chi connectivity index (χ2v) is 12.0. The van der Waals surface area contributed by atoms with Crippen molar-refractivity contribution in [3.8, 4) is 0 Å². The van der Waals surface area contributed by atoms with E-state index in [2.05, 4.69) is 5.32 Å². The van der Waals surface area contributed by atoms with E-state index in [0.717, 1.165) is 28.0 Å². The summed E-state index contributed by atoms with van der Waals surface area (Å²) in [5.74, 6) is -3.98. The summed E-state index contributed by atoms with van der Waals surface area (Å²) in [5, 5.41) is 2.29. The van der Waals surface area contributed by atoms with E-state index in [0.29, 0.717) is 26.8 Å². The Morgan fingerprint density at radius 1 is 0.930 bits per heavy atom. The van der Waals surface area contributed by atoms with E-state index >= 15 is 0 Å². The van der Waals surface area contributed by atoms with Gasteiger partial charge in [0.1, 0.15) is 17.6 Å². The first kappa shape index (κ1) is 28.6. The van der Waals surface area contributed by atoms with Crippen LogP contribution < -0.4 is 15.1 Å². The lowest BCUT2D eigenvalue weighted by Gasteiger charge is -2.30. The van der Waals surface area contributed by atoms with Gasteiger partial charge in [0.15, 0.2) is 0 Å². The number of thiazole rings is 1. The van der Waals surface area contributed by atoms with Crippen LogP contribution in [0.25, 0.3) is 0 Å². The highest BCUT2D eigenvalue weighted by molar-refractivity contribution is 8.00. The highest BCUT2D eigenvalue weighted by Crippen LogP contribution is 2.53. The maximum Gasteiger partial charge on any atom is 0.338 e. The van der Waals surface area contributed by atoms with Gasteiger partial charge >= 0.3 is 10.8 Å². The molecule has 218 valence electrons. The number of carbonyl (C=O) groups excluding carboxylic acids is 4. The lowest BCUT2D eigenvalue weighted by Crippen LogP contribution is -2.33. The van der Waals surface area contributed by atoms with E-state index in [1.54, 1.807) is 43.3 Å². The molecule has 4 aromatic rings. The van der Waals surface area contributed by atoms with Crippen molar-refractivity contribution in [1.82, 2.24) is 4.57 Å². The molecule has 0 spiro atoms. The van der Waals surface area contributed by atoms with Gasteiger partial charge in [-0.1, -0.05) is 53.4 Å². The van der Waals surface area contributed by atoms with Crippen molar-refractivity contribution in [3.63, 3.8) is 0 Å². The molecular formula is C31H24FN3O6S2. The second kappa shape index (κ2) is 11.6. The summed E-state index contributed by atoms with van der Waals surface area (Å²) in [6.45, 7) is 1.61. The third-order valence-corrected chi connectivity index (χ3v) is 9.88. The monoisotopic (exact) mass is 617 g/mol. The van der Waals surface area contributed by atoms with Crippen LogP contribution in [-0.4, -0.2) is 40.1 Å². The number of nitrogens with zero attached hydrogens (tertiary/aromatic N) is 2. The molecule has 3 unspecified atom stereocenters. The number of para-hydroxylation sites is 1. The Kier molecular flexibility index (Phi) is 7.72. The third-order valence-electron chi connectivity index (χ3n) is 7.27. The standard InChI is InChI=1S/C31H24FN3O6S2/c1-2-41-30(39)18-10-14-21(15-11-18)35-27(37)24-23(17-8-12-19(32)13-9-17)26-29(42-25(24)28(35)38)34(31(40)43-26)16-22(36)33-20-6-4-3-5-7-20/h3-15,23-25H,2,16H2,1H3,(H,33,36). The molecule has 2 aliphatic heterocycles. The van der Waals surface area contributed by atoms with Gasteiger partial charge in [-0.3, -0.25) is 23.7 Å². The number of amides is 3. The van der Waals surface area contributed by atoms with Gasteiger partial charge in [0, 0.05) is 16.5 Å². The van der Waals surface area contributed by atoms with Crippen LogP contribution in [0.3, 0.4) is 0 Å². The third kappa shape index (κ3) is 5.28. The van der Waals surface area contributed by atoms with Crippen molar-refractivity contribution < 1.29 is 28.3 Å². The first-order valence-electron chi connectivity index (χ1n) is 13.4. The quantitative estimate of drug-likeness (QED) is 0.237. The van der Waals surface area contributed by atoms with Crippen LogP contribution in [0.1, 0.15) is 33.6 Å². The number of carbonyl (C=O) groups is 4. The largest absolute Gasteiger partial charge is 0.462 e. The molecule has 1 N–H and O–H groups in total. The average molecular weight is 618 g/mol. The number of hydrogen-bond acceptors (Lipinski definition) is 8. The minimum Gasteiger partial charge on any atom is -0.462 e. The van der Waals surface area contributed by atoms with E-state index in [9.17, 15) is 28.4 Å². The van der Waals surface area contributed by atoms with Crippen LogP contribution >= 0.6 is 23.1 Å². The van der Waals surface area contributed by atoms with Crippen LogP contribution in [0.4, 0.5) is 15.8 Å². The second-order valence-electron chi connectivity index (χ2n) is 9.91. The number of thioether (sulfide) groups is 1. The minimum absolute atomic E-state index is 0.207. The molecule has 3 heterocycles. The maximum atomic E-state index is 14.0. The summed E-state index contributed by atoms with van der Waals surface area (Å²) in [4.78, 5) is 67.4. The summed E-state index contributed by atoms with van der Waals surface area (Å²) in [5.41, 5.74) is 1.71. The van der Waals surface area contributed by atoms with Gasteiger partial charge in [-0.05, 0) is 61.0 Å². The van der Waals surface area contributed by atoms with E-state index in [-0.39, 0.29) is 18.7 Å². The lowest BCUT2D eigenvalue weighted by molar-refractivity contribution is -0.122. The summed E-state index contributed by atoms with van der Waals surface area (Å²) >= 11 is 1.99.